The normalized spacial score (nSPS) is 16.8. The Labute approximate surface area is 169 Å². The maximum atomic E-state index is 12.6. The molecule has 1 aromatic heterocycles. The Morgan fingerprint density at radius 3 is 2.79 bits per heavy atom. The van der Waals surface area contributed by atoms with Crippen molar-refractivity contribution in [3.8, 4) is 5.75 Å². The first-order chi connectivity index (χ1) is 14.1. The summed E-state index contributed by atoms with van der Waals surface area (Å²) in [5.41, 5.74) is 1.32. The molecule has 1 fully saturated rings. The van der Waals surface area contributed by atoms with Gasteiger partial charge in [0.05, 0.1) is 0 Å². The first-order valence-corrected chi connectivity index (χ1v) is 9.77. The minimum atomic E-state index is -0.410. The summed E-state index contributed by atoms with van der Waals surface area (Å²) in [7, 11) is 1.84. The fraction of sp³-hybridized carbons (Fsp3) is 0.304. The summed E-state index contributed by atoms with van der Waals surface area (Å²) in [5, 5.41) is 0.810. The summed E-state index contributed by atoms with van der Waals surface area (Å²) in [6.07, 6.45) is 0.955. The zero-order valence-corrected chi connectivity index (χ0v) is 16.4. The summed E-state index contributed by atoms with van der Waals surface area (Å²) in [6.45, 7) is 2.69. The van der Waals surface area contributed by atoms with Crippen molar-refractivity contribution in [2.24, 2.45) is 0 Å². The monoisotopic (exact) mass is 392 g/mol. The number of nitrogens with zero attached hydrogens (tertiary/aromatic N) is 2. The maximum Gasteiger partial charge on any atom is 0.336 e. The van der Waals surface area contributed by atoms with Crippen LogP contribution in [0.5, 0.6) is 5.75 Å². The lowest BCUT2D eigenvalue weighted by molar-refractivity contribution is -0.133. The molecule has 0 bridgehead atoms. The van der Waals surface area contributed by atoms with Crippen LogP contribution in [0.15, 0.2) is 69.9 Å². The maximum absolute atomic E-state index is 12.6. The van der Waals surface area contributed by atoms with E-state index in [1.807, 2.05) is 25.2 Å². The van der Waals surface area contributed by atoms with Crippen molar-refractivity contribution < 1.29 is 13.9 Å². The number of likely N-dealkylation sites (tertiary alicyclic amines) is 1. The molecule has 1 saturated heterocycles. The van der Waals surface area contributed by atoms with Crippen molar-refractivity contribution in [3.05, 3.63) is 76.6 Å². The highest BCUT2D eigenvalue weighted by molar-refractivity contribution is 5.79. The van der Waals surface area contributed by atoms with Gasteiger partial charge in [0, 0.05) is 50.2 Å². The number of ether oxygens (including phenoxy) is 1. The Morgan fingerprint density at radius 1 is 1.17 bits per heavy atom. The first kappa shape index (κ1) is 19.2. The molecule has 1 aliphatic heterocycles. The second-order valence-corrected chi connectivity index (χ2v) is 7.41. The van der Waals surface area contributed by atoms with Crippen LogP contribution in [0.3, 0.4) is 0 Å². The third kappa shape index (κ3) is 4.66. The fourth-order valence-electron chi connectivity index (χ4n) is 3.69. The lowest BCUT2D eigenvalue weighted by atomic mass is 10.2. The van der Waals surface area contributed by atoms with Crippen molar-refractivity contribution >= 4 is 16.9 Å². The number of hydrogen-bond acceptors (Lipinski definition) is 5. The first-order valence-electron chi connectivity index (χ1n) is 9.77. The highest BCUT2D eigenvalue weighted by atomic mass is 16.5. The Balaban J connectivity index is 1.31. The van der Waals surface area contributed by atoms with Gasteiger partial charge in [0.15, 0.2) is 6.61 Å². The van der Waals surface area contributed by atoms with Crippen LogP contribution < -0.4 is 10.4 Å². The quantitative estimate of drug-likeness (QED) is 0.604. The predicted octanol–water partition coefficient (Wildman–Crippen LogP) is 2.90. The van der Waals surface area contributed by atoms with Gasteiger partial charge in [-0.1, -0.05) is 30.3 Å². The molecule has 1 unspecified atom stereocenters. The second kappa shape index (κ2) is 8.49. The van der Waals surface area contributed by atoms with Gasteiger partial charge in [0.25, 0.3) is 5.91 Å². The van der Waals surface area contributed by atoms with E-state index in [1.54, 1.807) is 29.2 Å². The van der Waals surface area contributed by atoms with E-state index in [0.29, 0.717) is 11.3 Å². The lowest BCUT2D eigenvalue weighted by Crippen LogP contribution is -2.41. The molecule has 6 nitrogen and oxygen atoms in total. The van der Waals surface area contributed by atoms with E-state index < -0.39 is 5.63 Å². The van der Waals surface area contributed by atoms with Gasteiger partial charge in [-0.15, -0.1) is 0 Å². The van der Waals surface area contributed by atoms with E-state index in [4.69, 9.17) is 9.15 Å². The van der Waals surface area contributed by atoms with E-state index in [0.717, 1.165) is 31.4 Å². The molecule has 0 saturated carbocycles. The average Bonchev–Trinajstić information content (AvgIpc) is 3.20. The molecule has 0 radical (unpaired) electrons. The third-order valence-electron chi connectivity index (χ3n) is 5.39. The summed E-state index contributed by atoms with van der Waals surface area (Å²) in [5.74, 6) is 0.442. The zero-order valence-electron chi connectivity index (χ0n) is 16.4. The van der Waals surface area contributed by atoms with Crippen molar-refractivity contribution in [2.45, 2.75) is 19.0 Å². The van der Waals surface area contributed by atoms with Gasteiger partial charge in [-0.2, -0.15) is 0 Å². The molecule has 4 rings (SSSR count). The molecule has 1 aliphatic rings. The van der Waals surface area contributed by atoms with Crippen LogP contribution in [0.1, 0.15) is 12.0 Å². The highest BCUT2D eigenvalue weighted by Gasteiger charge is 2.28. The molecule has 0 N–H and O–H groups in total. The number of rotatable bonds is 6. The Kier molecular flexibility index (Phi) is 5.62. The van der Waals surface area contributed by atoms with E-state index in [9.17, 15) is 9.59 Å². The predicted molar refractivity (Wildman–Crippen MR) is 111 cm³/mol. The molecule has 2 aromatic carbocycles. The number of likely N-dealkylation sites (N-methyl/N-ethyl adjacent to an activating group) is 1. The van der Waals surface area contributed by atoms with Crippen LogP contribution >= 0.6 is 0 Å². The summed E-state index contributed by atoms with van der Waals surface area (Å²) < 4.78 is 10.8. The van der Waals surface area contributed by atoms with Crippen molar-refractivity contribution in [1.29, 1.82) is 0 Å². The van der Waals surface area contributed by atoms with Crippen molar-refractivity contribution in [3.63, 3.8) is 0 Å². The molecule has 6 heteroatoms. The van der Waals surface area contributed by atoms with E-state index >= 15 is 0 Å². The van der Waals surface area contributed by atoms with E-state index in [1.165, 1.54) is 11.6 Å². The molecular formula is C23H24N2O4. The standard InChI is InChI=1S/C23H24N2O4/c1-24(19-11-12-25(15-19)14-17-5-3-2-4-6-17)22(26)16-28-20-9-7-18-8-10-23(27)29-21(18)13-20/h2-10,13,19H,11-12,14-16H2,1H3. The summed E-state index contributed by atoms with van der Waals surface area (Å²) in [6, 6.07) is 18.9. The molecule has 29 heavy (non-hydrogen) atoms. The Morgan fingerprint density at radius 2 is 1.97 bits per heavy atom. The second-order valence-electron chi connectivity index (χ2n) is 7.41. The summed E-state index contributed by atoms with van der Waals surface area (Å²) >= 11 is 0. The van der Waals surface area contributed by atoms with Crippen LogP contribution in [0.25, 0.3) is 11.0 Å². The smallest absolute Gasteiger partial charge is 0.336 e. The molecule has 150 valence electrons. The largest absolute Gasteiger partial charge is 0.484 e. The molecule has 0 aliphatic carbocycles. The number of benzene rings is 2. The van der Waals surface area contributed by atoms with Gasteiger partial charge in [0.1, 0.15) is 11.3 Å². The number of amides is 1. The van der Waals surface area contributed by atoms with Crippen LogP contribution in [-0.4, -0.2) is 48.5 Å². The van der Waals surface area contributed by atoms with E-state index in [-0.39, 0.29) is 18.6 Å². The number of carbonyl (C=O) groups excluding carboxylic acids is 1. The third-order valence-corrected chi connectivity index (χ3v) is 5.39. The molecule has 3 aromatic rings. The molecule has 1 atom stereocenters. The Hall–Kier alpha value is -3.12. The van der Waals surface area contributed by atoms with Gasteiger partial charge >= 0.3 is 5.63 Å². The van der Waals surface area contributed by atoms with Crippen LogP contribution in [0.4, 0.5) is 0 Å². The summed E-state index contributed by atoms with van der Waals surface area (Å²) in [4.78, 5) is 28.1. The van der Waals surface area contributed by atoms with Gasteiger partial charge < -0.3 is 14.1 Å². The zero-order chi connectivity index (χ0) is 20.2. The SMILES string of the molecule is CN(C(=O)COc1ccc2ccc(=O)oc2c1)C1CCN(Cc2ccccc2)C1. The minimum absolute atomic E-state index is 0.0474. The van der Waals surface area contributed by atoms with Crippen LogP contribution in [-0.2, 0) is 11.3 Å². The molecule has 2 heterocycles. The van der Waals surface area contributed by atoms with E-state index in [2.05, 4.69) is 17.0 Å². The van der Waals surface area contributed by atoms with Gasteiger partial charge in [0.2, 0.25) is 0 Å². The van der Waals surface area contributed by atoms with Crippen molar-refractivity contribution in [1.82, 2.24) is 9.80 Å². The van der Waals surface area contributed by atoms with Gasteiger partial charge in [-0.05, 0) is 30.2 Å². The lowest BCUT2D eigenvalue weighted by Gasteiger charge is -2.25. The molecular weight excluding hydrogens is 368 g/mol. The highest BCUT2D eigenvalue weighted by Crippen LogP contribution is 2.20. The fourth-order valence-corrected chi connectivity index (χ4v) is 3.69. The molecule has 1 amide bonds. The minimum Gasteiger partial charge on any atom is -0.484 e. The topological polar surface area (TPSA) is 63.0 Å². The Bertz CT molecular complexity index is 1050. The van der Waals surface area contributed by atoms with Crippen molar-refractivity contribution in [2.75, 3.05) is 26.7 Å². The van der Waals surface area contributed by atoms with Crippen LogP contribution in [0.2, 0.25) is 0 Å². The van der Waals surface area contributed by atoms with Crippen LogP contribution in [0, 0.1) is 0 Å². The average molecular weight is 392 g/mol. The van der Waals surface area contributed by atoms with Gasteiger partial charge in [-0.25, -0.2) is 4.79 Å². The number of fused-ring (bicyclic) bond motifs is 1. The number of hydrogen-bond donors (Lipinski definition) is 0. The number of carbonyl (C=O) groups is 1. The van der Waals surface area contributed by atoms with Gasteiger partial charge in [-0.3, -0.25) is 9.69 Å². The molecule has 0 spiro atoms.